The molecule has 1 aliphatic heterocycles. The average Bonchev–Trinajstić information content (AvgIpc) is 2.07. The number of aliphatic hydroxyl groups is 1. The minimum absolute atomic E-state index is 0.0810. The van der Waals surface area contributed by atoms with E-state index in [0.29, 0.717) is 6.54 Å². The molecule has 0 aromatic rings. The van der Waals surface area contributed by atoms with Crippen LogP contribution >= 0.6 is 0 Å². The minimum atomic E-state index is -0.279. The summed E-state index contributed by atoms with van der Waals surface area (Å²) in [7, 11) is 0. The summed E-state index contributed by atoms with van der Waals surface area (Å²) in [6, 6.07) is 0.208. The highest BCUT2D eigenvalue weighted by Crippen LogP contribution is 2.24. The third-order valence-corrected chi connectivity index (χ3v) is 2.93. The highest BCUT2D eigenvalue weighted by molar-refractivity contribution is 4.94. The smallest absolute Gasteiger partial charge is 0.0709 e. The van der Waals surface area contributed by atoms with E-state index < -0.39 is 0 Å². The van der Waals surface area contributed by atoms with Crippen molar-refractivity contribution in [3.63, 3.8) is 0 Å². The zero-order valence-electron chi connectivity index (χ0n) is 7.11. The normalized spacial score (nSPS) is 44.0. The van der Waals surface area contributed by atoms with Crippen molar-refractivity contribution >= 4 is 0 Å². The Hall–Kier alpha value is -0.160. The third-order valence-electron chi connectivity index (χ3n) is 2.93. The van der Waals surface area contributed by atoms with Gasteiger partial charge in [0.15, 0.2) is 0 Å². The summed E-state index contributed by atoms with van der Waals surface area (Å²) in [5.41, 5.74) is 0. The van der Waals surface area contributed by atoms with Gasteiger partial charge < -0.3 is 15.6 Å². The van der Waals surface area contributed by atoms with Gasteiger partial charge in [0.05, 0.1) is 18.2 Å². The van der Waals surface area contributed by atoms with Crippen molar-refractivity contribution in [2.45, 2.75) is 37.5 Å². The van der Waals surface area contributed by atoms with Gasteiger partial charge in [-0.1, -0.05) is 0 Å². The molecule has 3 N–H and O–H groups in total. The van der Waals surface area contributed by atoms with Gasteiger partial charge in [-0.25, -0.2) is 0 Å². The summed E-state index contributed by atoms with van der Waals surface area (Å²) in [5, 5.41) is 23.8. The van der Waals surface area contributed by atoms with E-state index >= 15 is 0 Å². The monoisotopic (exact) mass is 172 g/mol. The van der Waals surface area contributed by atoms with Gasteiger partial charge in [-0.2, -0.15) is 5.06 Å². The van der Waals surface area contributed by atoms with Crippen molar-refractivity contribution in [3.05, 3.63) is 0 Å². The molecule has 2 fully saturated rings. The summed E-state index contributed by atoms with van der Waals surface area (Å²) >= 11 is 0. The Kier molecular flexibility index (Phi) is 2.32. The number of nitrogens with one attached hydrogen (secondary N) is 1. The zero-order chi connectivity index (χ0) is 8.55. The number of hydrogen-bond donors (Lipinski definition) is 3. The molecule has 12 heavy (non-hydrogen) atoms. The van der Waals surface area contributed by atoms with Gasteiger partial charge in [0.2, 0.25) is 0 Å². The fraction of sp³-hybridized carbons (Fsp3) is 1.00. The van der Waals surface area contributed by atoms with E-state index in [-0.39, 0.29) is 18.2 Å². The maximum absolute atomic E-state index is 9.62. The molecule has 4 nitrogen and oxygen atoms in total. The van der Waals surface area contributed by atoms with Crippen LogP contribution in [0, 0.1) is 0 Å². The number of fused-ring (bicyclic) bond motifs is 1. The minimum Gasteiger partial charge on any atom is -0.391 e. The molecule has 2 rings (SSSR count). The van der Waals surface area contributed by atoms with Gasteiger partial charge in [0, 0.05) is 13.1 Å². The molecule has 3 atom stereocenters. The first-order valence-corrected chi connectivity index (χ1v) is 4.66. The molecule has 4 heteroatoms. The number of hydrogen-bond acceptors (Lipinski definition) is 4. The van der Waals surface area contributed by atoms with Crippen LogP contribution < -0.4 is 5.32 Å². The van der Waals surface area contributed by atoms with Gasteiger partial charge in [-0.15, -0.1) is 0 Å². The lowest BCUT2D eigenvalue weighted by Gasteiger charge is -2.43. The van der Waals surface area contributed by atoms with E-state index in [1.165, 1.54) is 5.06 Å². The SMILES string of the molecule is OC1CCCC2C1NCCN2O. The fourth-order valence-electron chi connectivity index (χ4n) is 2.27. The van der Waals surface area contributed by atoms with E-state index in [0.717, 1.165) is 25.8 Å². The van der Waals surface area contributed by atoms with Gasteiger partial charge in [-0.3, -0.25) is 0 Å². The second-order valence-electron chi connectivity index (χ2n) is 3.71. The highest BCUT2D eigenvalue weighted by atomic mass is 16.5. The van der Waals surface area contributed by atoms with Crippen molar-refractivity contribution in [3.8, 4) is 0 Å². The van der Waals surface area contributed by atoms with Crippen LogP contribution in [-0.2, 0) is 0 Å². The second kappa shape index (κ2) is 3.30. The molecule has 0 spiro atoms. The lowest BCUT2D eigenvalue weighted by Crippen LogP contribution is -2.62. The Labute approximate surface area is 72.1 Å². The number of nitrogens with zero attached hydrogens (tertiary/aromatic N) is 1. The maximum Gasteiger partial charge on any atom is 0.0709 e. The Morgan fingerprint density at radius 2 is 2.17 bits per heavy atom. The zero-order valence-corrected chi connectivity index (χ0v) is 7.11. The van der Waals surface area contributed by atoms with Crippen LogP contribution in [-0.4, -0.2) is 46.7 Å². The van der Waals surface area contributed by atoms with Crippen LogP contribution in [0.1, 0.15) is 19.3 Å². The van der Waals surface area contributed by atoms with Crippen LogP contribution in [0.15, 0.2) is 0 Å². The average molecular weight is 172 g/mol. The molecule has 3 unspecified atom stereocenters. The number of aliphatic hydroxyl groups excluding tert-OH is 1. The summed E-state index contributed by atoms with van der Waals surface area (Å²) in [4.78, 5) is 0. The Bertz CT molecular complexity index is 147. The van der Waals surface area contributed by atoms with Crippen LogP contribution in [0.2, 0.25) is 0 Å². The van der Waals surface area contributed by atoms with Crippen LogP contribution in [0.4, 0.5) is 0 Å². The van der Waals surface area contributed by atoms with Crippen molar-refractivity contribution in [1.29, 1.82) is 0 Å². The Morgan fingerprint density at radius 1 is 1.33 bits per heavy atom. The molecule has 1 saturated heterocycles. The van der Waals surface area contributed by atoms with Gasteiger partial charge in [0.1, 0.15) is 0 Å². The lowest BCUT2D eigenvalue weighted by molar-refractivity contribution is -0.169. The van der Waals surface area contributed by atoms with E-state index in [1.54, 1.807) is 0 Å². The van der Waals surface area contributed by atoms with Crippen LogP contribution in [0.5, 0.6) is 0 Å². The largest absolute Gasteiger partial charge is 0.391 e. The maximum atomic E-state index is 9.62. The predicted molar refractivity (Wildman–Crippen MR) is 43.9 cm³/mol. The summed E-state index contributed by atoms with van der Waals surface area (Å²) in [6.45, 7) is 1.45. The lowest BCUT2D eigenvalue weighted by atomic mass is 9.86. The molecule has 1 aliphatic carbocycles. The van der Waals surface area contributed by atoms with Crippen LogP contribution in [0.3, 0.4) is 0 Å². The van der Waals surface area contributed by atoms with E-state index in [1.807, 2.05) is 0 Å². The standard InChI is InChI=1S/C8H16N2O2/c11-7-3-1-2-6-8(7)9-4-5-10(6)12/h6-9,11-12H,1-5H2. The molecule has 0 bridgehead atoms. The molecule has 0 radical (unpaired) electrons. The second-order valence-corrected chi connectivity index (χ2v) is 3.71. The van der Waals surface area contributed by atoms with Crippen molar-refractivity contribution < 1.29 is 10.3 Å². The first-order chi connectivity index (χ1) is 5.79. The number of piperazine rings is 1. The van der Waals surface area contributed by atoms with Crippen molar-refractivity contribution in [2.24, 2.45) is 0 Å². The van der Waals surface area contributed by atoms with E-state index in [4.69, 9.17) is 0 Å². The molecule has 2 aliphatic rings. The molecule has 0 aromatic carbocycles. The third kappa shape index (κ3) is 1.35. The number of hydroxylamine groups is 2. The van der Waals surface area contributed by atoms with Crippen molar-refractivity contribution in [2.75, 3.05) is 13.1 Å². The van der Waals surface area contributed by atoms with Crippen molar-refractivity contribution in [1.82, 2.24) is 10.4 Å². The molecule has 1 saturated carbocycles. The topological polar surface area (TPSA) is 55.7 Å². The number of rotatable bonds is 0. The highest BCUT2D eigenvalue weighted by Gasteiger charge is 2.37. The predicted octanol–water partition coefficient (Wildman–Crippen LogP) is -0.437. The fourth-order valence-corrected chi connectivity index (χ4v) is 2.27. The van der Waals surface area contributed by atoms with Gasteiger partial charge >= 0.3 is 0 Å². The first-order valence-electron chi connectivity index (χ1n) is 4.66. The molecule has 1 heterocycles. The Morgan fingerprint density at radius 3 is 2.92 bits per heavy atom. The molecule has 0 aromatic heterocycles. The first kappa shape index (κ1) is 8.44. The summed E-state index contributed by atoms with van der Waals surface area (Å²) in [6.07, 6.45) is 2.59. The molecular formula is C8H16N2O2. The van der Waals surface area contributed by atoms with Crippen LogP contribution in [0.25, 0.3) is 0 Å². The molecule has 70 valence electrons. The summed E-state index contributed by atoms with van der Waals surface area (Å²) < 4.78 is 0. The molecule has 0 amide bonds. The molecular weight excluding hydrogens is 156 g/mol. The van der Waals surface area contributed by atoms with Gasteiger partial charge in [-0.05, 0) is 19.3 Å². The van der Waals surface area contributed by atoms with E-state index in [9.17, 15) is 10.3 Å². The Balaban J connectivity index is 2.05. The summed E-state index contributed by atoms with van der Waals surface area (Å²) in [5.74, 6) is 0. The van der Waals surface area contributed by atoms with E-state index in [2.05, 4.69) is 5.32 Å². The van der Waals surface area contributed by atoms with Gasteiger partial charge in [0.25, 0.3) is 0 Å². The quantitative estimate of drug-likeness (QED) is 0.464.